The molecule has 11 aromatic rings. The third-order valence-electron chi connectivity index (χ3n) is 15.0. The average Bonchev–Trinajstić information content (AvgIpc) is 3.87. The number of benzene rings is 11. The number of anilines is 3. The van der Waals surface area contributed by atoms with E-state index >= 15 is 0 Å². The SMILES string of the molecule is c1ccc(N(c2ccc3c(c2)C(c2ccccc2)(c2ccccc2)c2ccccc2-3)c2ccc3c(c2)C2(c4ccccc4Oc4cc(-c5ccc6ccccc6c5)ccc42)c2ccccc2-3)cc1. The van der Waals surface area contributed by atoms with Crippen molar-refractivity contribution >= 4 is 27.8 Å². The predicted molar refractivity (Wildman–Crippen MR) is 279 cm³/mol. The largest absolute Gasteiger partial charge is 0.457 e. The lowest BCUT2D eigenvalue weighted by molar-refractivity contribution is 0.436. The highest BCUT2D eigenvalue weighted by Gasteiger charge is 2.52. The molecular weight excluding hydrogens is 823 g/mol. The molecule has 11 aromatic carbocycles. The highest BCUT2D eigenvalue weighted by molar-refractivity contribution is 5.94. The van der Waals surface area contributed by atoms with Crippen molar-refractivity contribution in [1.82, 2.24) is 0 Å². The van der Waals surface area contributed by atoms with Gasteiger partial charge in [-0.05, 0) is 132 Å². The van der Waals surface area contributed by atoms with E-state index in [0.717, 1.165) is 50.8 Å². The molecule has 2 nitrogen and oxygen atoms in total. The molecule has 3 aliphatic rings. The molecule has 318 valence electrons. The van der Waals surface area contributed by atoms with E-state index in [9.17, 15) is 0 Å². The van der Waals surface area contributed by atoms with Crippen LogP contribution in [0.1, 0.15) is 44.5 Å². The van der Waals surface area contributed by atoms with Gasteiger partial charge in [0.25, 0.3) is 0 Å². The third kappa shape index (κ3) is 5.40. The third-order valence-corrected chi connectivity index (χ3v) is 15.0. The van der Waals surface area contributed by atoms with Gasteiger partial charge in [-0.2, -0.15) is 0 Å². The van der Waals surface area contributed by atoms with Crippen LogP contribution in [0.3, 0.4) is 0 Å². The Morgan fingerprint density at radius 2 is 0.735 bits per heavy atom. The van der Waals surface area contributed by atoms with Crippen LogP contribution in [-0.2, 0) is 10.8 Å². The summed E-state index contributed by atoms with van der Waals surface area (Å²) in [7, 11) is 0. The van der Waals surface area contributed by atoms with E-state index in [1.54, 1.807) is 0 Å². The fourth-order valence-electron chi connectivity index (χ4n) is 12.2. The molecule has 14 rings (SSSR count). The second kappa shape index (κ2) is 14.9. The van der Waals surface area contributed by atoms with Crippen LogP contribution in [0.25, 0.3) is 44.2 Å². The van der Waals surface area contributed by atoms with Crippen molar-refractivity contribution in [1.29, 1.82) is 0 Å². The van der Waals surface area contributed by atoms with Gasteiger partial charge in [0.05, 0.1) is 10.8 Å². The lowest BCUT2D eigenvalue weighted by Gasteiger charge is -2.40. The van der Waals surface area contributed by atoms with Crippen LogP contribution < -0.4 is 9.64 Å². The Hall–Kier alpha value is -8.72. The van der Waals surface area contributed by atoms with Crippen LogP contribution in [-0.4, -0.2) is 0 Å². The van der Waals surface area contributed by atoms with E-state index in [1.807, 2.05) is 0 Å². The molecule has 0 aromatic heterocycles. The summed E-state index contributed by atoms with van der Waals surface area (Å²) in [6.45, 7) is 0. The molecule has 0 saturated heterocycles. The van der Waals surface area contributed by atoms with Gasteiger partial charge in [0.2, 0.25) is 0 Å². The molecule has 0 N–H and O–H groups in total. The van der Waals surface area contributed by atoms with E-state index in [2.05, 4.69) is 266 Å². The van der Waals surface area contributed by atoms with Gasteiger partial charge in [-0.25, -0.2) is 0 Å². The van der Waals surface area contributed by atoms with Crippen LogP contribution in [0, 0.1) is 0 Å². The van der Waals surface area contributed by atoms with Gasteiger partial charge in [0.1, 0.15) is 11.5 Å². The second-order valence-electron chi connectivity index (χ2n) is 18.3. The van der Waals surface area contributed by atoms with E-state index in [0.29, 0.717) is 0 Å². The lowest BCUT2D eigenvalue weighted by Crippen LogP contribution is -2.32. The van der Waals surface area contributed by atoms with Crippen molar-refractivity contribution in [2.24, 2.45) is 0 Å². The molecule has 0 fully saturated rings. The minimum atomic E-state index is -0.647. The summed E-state index contributed by atoms with van der Waals surface area (Å²) < 4.78 is 7.01. The van der Waals surface area contributed by atoms with Crippen molar-refractivity contribution in [2.75, 3.05) is 4.90 Å². The molecular formula is C66H43NO. The van der Waals surface area contributed by atoms with Crippen LogP contribution in [0.15, 0.2) is 261 Å². The summed E-state index contributed by atoms with van der Waals surface area (Å²) in [6, 6.07) is 96.1. The van der Waals surface area contributed by atoms with Crippen molar-refractivity contribution in [2.45, 2.75) is 10.8 Å². The first kappa shape index (κ1) is 38.5. The van der Waals surface area contributed by atoms with Crippen LogP contribution in [0.2, 0.25) is 0 Å². The van der Waals surface area contributed by atoms with Crippen LogP contribution in [0.4, 0.5) is 17.1 Å². The van der Waals surface area contributed by atoms with Crippen LogP contribution >= 0.6 is 0 Å². The maximum atomic E-state index is 7.01. The maximum absolute atomic E-state index is 7.01. The number of fused-ring (bicyclic) bond motifs is 13. The first-order chi connectivity index (χ1) is 33.7. The molecule has 2 aliphatic carbocycles. The molecule has 68 heavy (non-hydrogen) atoms. The smallest absolute Gasteiger partial charge is 0.132 e. The molecule has 1 unspecified atom stereocenters. The van der Waals surface area contributed by atoms with Crippen molar-refractivity contribution in [3.05, 3.63) is 305 Å². The Morgan fingerprint density at radius 1 is 0.265 bits per heavy atom. The summed E-state index contributed by atoms with van der Waals surface area (Å²) in [5, 5.41) is 2.45. The second-order valence-corrected chi connectivity index (χ2v) is 18.3. The summed E-state index contributed by atoms with van der Waals surface area (Å²) in [6.07, 6.45) is 0. The highest BCUT2D eigenvalue weighted by atomic mass is 16.5. The van der Waals surface area contributed by atoms with Crippen LogP contribution in [0.5, 0.6) is 11.5 Å². The molecule has 1 heterocycles. The first-order valence-corrected chi connectivity index (χ1v) is 23.6. The number of para-hydroxylation sites is 2. The summed E-state index contributed by atoms with van der Waals surface area (Å²) in [4.78, 5) is 2.45. The Bertz CT molecular complexity index is 3740. The minimum absolute atomic E-state index is 0.530. The molecule has 1 atom stereocenters. The van der Waals surface area contributed by atoms with E-state index in [1.165, 1.54) is 66.4 Å². The first-order valence-electron chi connectivity index (χ1n) is 23.6. The van der Waals surface area contributed by atoms with E-state index < -0.39 is 10.8 Å². The number of nitrogens with zero attached hydrogens (tertiary/aromatic N) is 1. The van der Waals surface area contributed by atoms with Gasteiger partial charge in [0.15, 0.2) is 0 Å². The van der Waals surface area contributed by atoms with E-state index in [4.69, 9.17) is 4.74 Å². The summed E-state index contributed by atoms with van der Waals surface area (Å²) in [5.74, 6) is 1.75. The quantitative estimate of drug-likeness (QED) is 0.165. The normalized spacial score (nSPS) is 15.4. The Labute approximate surface area is 396 Å². The fourth-order valence-corrected chi connectivity index (χ4v) is 12.2. The highest BCUT2D eigenvalue weighted by Crippen LogP contribution is 2.63. The monoisotopic (exact) mass is 865 g/mol. The molecule has 2 heteroatoms. The minimum Gasteiger partial charge on any atom is -0.457 e. The Balaban J connectivity index is 1.00. The number of rotatable bonds is 6. The van der Waals surface area contributed by atoms with Gasteiger partial charge in [-0.15, -0.1) is 0 Å². The van der Waals surface area contributed by atoms with Crippen molar-refractivity contribution in [3.8, 4) is 44.9 Å². The van der Waals surface area contributed by atoms with Gasteiger partial charge < -0.3 is 9.64 Å². The number of ether oxygens (including phenoxy) is 1. The molecule has 0 radical (unpaired) electrons. The Kier molecular flexibility index (Phi) is 8.45. The summed E-state index contributed by atoms with van der Waals surface area (Å²) >= 11 is 0. The zero-order chi connectivity index (χ0) is 44.8. The van der Waals surface area contributed by atoms with Gasteiger partial charge in [0, 0.05) is 28.2 Å². The molecule has 0 saturated carbocycles. The maximum Gasteiger partial charge on any atom is 0.132 e. The zero-order valence-corrected chi connectivity index (χ0v) is 37.2. The number of hydrogen-bond donors (Lipinski definition) is 0. The zero-order valence-electron chi connectivity index (χ0n) is 37.2. The lowest BCUT2D eigenvalue weighted by atomic mass is 9.66. The molecule has 1 aliphatic heterocycles. The Morgan fingerprint density at radius 3 is 1.40 bits per heavy atom. The summed E-state index contributed by atoms with van der Waals surface area (Å²) in [5.41, 5.74) is 19.2. The topological polar surface area (TPSA) is 12.5 Å². The average molecular weight is 866 g/mol. The number of hydrogen-bond acceptors (Lipinski definition) is 2. The van der Waals surface area contributed by atoms with Crippen molar-refractivity contribution in [3.63, 3.8) is 0 Å². The standard InChI is InChI=1S/C66H43NO/c1-4-20-48(21-5-1)65(49-22-6-2-7-23-49)57-28-14-12-26-53(57)55-37-35-51(42-61(55)65)67(50-24-8-3-9-25-50)52-36-38-56-54-27-13-15-29-58(54)66(62(56)43-52)59-30-16-17-31-63(59)68-64-41-47(34-39-60(64)66)46-33-32-44-18-10-11-19-45(44)40-46/h1-43H. The predicted octanol–water partition coefficient (Wildman–Crippen LogP) is 16.8. The molecule has 0 amide bonds. The van der Waals surface area contributed by atoms with Gasteiger partial charge in [-0.1, -0.05) is 206 Å². The van der Waals surface area contributed by atoms with Gasteiger partial charge in [-0.3, -0.25) is 0 Å². The van der Waals surface area contributed by atoms with E-state index in [-0.39, 0.29) is 0 Å². The van der Waals surface area contributed by atoms with Crippen molar-refractivity contribution < 1.29 is 4.74 Å². The van der Waals surface area contributed by atoms with Gasteiger partial charge >= 0.3 is 0 Å². The molecule has 0 bridgehead atoms. The molecule has 1 spiro atoms. The fraction of sp³-hybridized carbons (Fsp3) is 0.0303.